The number of carbonyl (C=O) groups is 3. The minimum atomic E-state index is -1.13. The molecule has 0 unspecified atom stereocenters. The number of ether oxygens (including phenoxy) is 2. The smallest absolute Gasteiger partial charge is 0.334 e. The van der Waals surface area contributed by atoms with E-state index in [1.807, 2.05) is 64.1 Å². The van der Waals surface area contributed by atoms with Crippen LogP contribution in [0.25, 0.3) is 38.8 Å². The average molecular weight is 831 g/mol. The summed E-state index contributed by atoms with van der Waals surface area (Å²) in [6.07, 6.45) is 7.88. The molecule has 6 rings (SSSR count). The molecule has 324 valence electrons. The van der Waals surface area contributed by atoms with Gasteiger partial charge in [-0.3, -0.25) is 14.6 Å². The Morgan fingerprint density at radius 1 is 0.803 bits per heavy atom. The standard InChI is InChI=1S/C48H62N8O5/c1-12-31-28(2)37-25-42-35-17-15-34(46(58)60-10)45(47(59)61-11)48(35,5)43(54-42)27-38-30(4)33(16-18-44(57)50-21-23-56(8)9)41(53-38)26-40-32(14-13-19-49-20-22-55(6)7)29(3)36(52-40)24-39(31)51-37/h12,15,17,24-27,45,49,52-53H,1,13-14,16,18-23H2,2-11H3,(H,50,57)/t45-,48+/m0/s1. The van der Waals surface area contributed by atoms with Gasteiger partial charge in [0.15, 0.2) is 0 Å². The van der Waals surface area contributed by atoms with E-state index >= 15 is 0 Å². The Labute approximate surface area is 359 Å². The highest BCUT2D eigenvalue weighted by molar-refractivity contribution is 6.02. The van der Waals surface area contributed by atoms with Crippen LogP contribution in [0.1, 0.15) is 71.7 Å². The first-order valence-corrected chi connectivity index (χ1v) is 21.1. The number of nitrogens with one attached hydrogen (secondary N) is 4. The average Bonchev–Trinajstić information content (AvgIpc) is 3.88. The first-order chi connectivity index (χ1) is 29.1. The minimum Gasteiger partial charge on any atom is -0.469 e. The van der Waals surface area contributed by atoms with Crippen molar-refractivity contribution < 1.29 is 23.9 Å². The molecule has 3 aromatic rings. The van der Waals surface area contributed by atoms with Crippen LogP contribution in [-0.4, -0.2) is 123 Å². The van der Waals surface area contributed by atoms with Gasteiger partial charge in [0.25, 0.3) is 0 Å². The van der Waals surface area contributed by atoms with Crippen LogP contribution in [0.5, 0.6) is 0 Å². The lowest BCUT2D eigenvalue weighted by atomic mass is 9.64. The van der Waals surface area contributed by atoms with Crippen LogP contribution in [0.2, 0.25) is 0 Å². The van der Waals surface area contributed by atoms with Gasteiger partial charge in [-0.25, -0.2) is 9.78 Å². The molecule has 0 fully saturated rings. The summed E-state index contributed by atoms with van der Waals surface area (Å²) >= 11 is 0. The molecule has 0 saturated heterocycles. The molecule has 5 heterocycles. The molecule has 0 saturated carbocycles. The molecule has 4 N–H and O–H groups in total. The van der Waals surface area contributed by atoms with Crippen molar-refractivity contribution in [3.63, 3.8) is 0 Å². The zero-order chi connectivity index (χ0) is 44.2. The first-order valence-electron chi connectivity index (χ1n) is 21.1. The predicted molar refractivity (Wildman–Crippen MR) is 244 cm³/mol. The van der Waals surface area contributed by atoms with Gasteiger partial charge in [-0.15, -0.1) is 0 Å². The Morgan fingerprint density at radius 2 is 1.46 bits per heavy atom. The number of aromatic amines is 2. The maximum Gasteiger partial charge on any atom is 0.334 e. The molecule has 8 bridgehead atoms. The second kappa shape index (κ2) is 19.0. The summed E-state index contributed by atoms with van der Waals surface area (Å²) in [5, 5.41) is 6.64. The minimum absolute atomic E-state index is 0.0235. The van der Waals surface area contributed by atoms with E-state index < -0.39 is 23.3 Å². The third kappa shape index (κ3) is 9.19. The highest BCUT2D eigenvalue weighted by Crippen LogP contribution is 2.52. The number of nitrogens with zero attached hydrogens (tertiary/aromatic N) is 4. The quantitative estimate of drug-likeness (QED) is 0.100. The molecule has 3 aromatic heterocycles. The van der Waals surface area contributed by atoms with Crippen molar-refractivity contribution in [1.82, 2.24) is 40.4 Å². The van der Waals surface area contributed by atoms with Crippen LogP contribution in [0.3, 0.4) is 0 Å². The molecular formula is C48H62N8O5. The van der Waals surface area contributed by atoms with E-state index in [2.05, 4.69) is 65.2 Å². The number of amides is 1. The molecule has 13 nitrogen and oxygen atoms in total. The number of methoxy groups -OCH3 is 2. The first kappa shape index (κ1) is 44.9. The number of fused-ring (bicyclic) bond motifs is 11. The summed E-state index contributed by atoms with van der Waals surface area (Å²) in [6.45, 7) is 16.4. The molecule has 3 aliphatic rings. The number of hydrogen-bond acceptors (Lipinski definition) is 10. The summed E-state index contributed by atoms with van der Waals surface area (Å²) in [4.78, 5) is 62.5. The largest absolute Gasteiger partial charge is 0.469 e. The zero-order valence-corrected chi connectivity index (χ0v) is 37.5. The molecule has 1 amide bonds. The van der Waals surface area contributed by atoms with Crippen molar-refractivity contribution in [2.75, 3.05) is 75.1 Å². The lowest BCUT2D eigenvalue weighted by Gasteiger charge is -2.36. The third-order valence-electron chi connectivity index (χ3n) is 12.3. The van der Waals surface area contributed by atoms with Crippen molar-refractivity contribution in [3.05, 3.63) is 99.7 Å². The van der Waals surface area contributed by atoms with Gasteiger partial charge in [0, 0.05) is 60.2 Å². The number of H-pyrrole nitrogens is 2. The normalized spacial score (nSPS) is 17.3. The number of carbonyl (C=O) groups excluding carboxylic acids is 3. The molecule has 0 spiro atoms. The van der Waals surface area contributed by atoms with E-state index in [0.717, 1.165) is 106 Å². The van der Waals surface area contributed by atoms with Crippen molar-refractivity contribution >= 4 is 56.6 Å². The Morgan fingerprint density at radius 3 is 2.10 bits per heavy atom. The Hall–Kier alpha value is -5.63. The number of aromatic nitrogens is 4. The van der Waals surface area contributed by atoms with E-state index in [1.54, 1.807) is 6.08 Å². The van der Waals surface area contributed by atoms with Gasteiger partial charge < -0.3 is 39.9 Å². The lowest BCUT2D eigenvalue weighted by molar-refractivity contribution is -0.149. The van der Waals surface area contributed by atoms with E-state index in [0.29, 0.717) is 30.8 Å². The third-order valence-corrected chi connectivity index (χ3v) is 12.3. The maximum atomic E-state index is 13.9. The van der Waals surface area contributed by atoms with E-state index in [4.69, 9.17) is 19.4 Å². The van der Waals surface area contributed by atoms with Gasteiger partial charge in [-0.1, -0.05) is 24.8 Å². The second-order valence-corrected chi connectivity index (χ2v) is 16.9. The summed E-state index contributed by atoms with van der Waals surface area (Å²) < 4.78 is 10.6. The molecule has 2 aliphatic heterocycles. The summed E-state index contributed by atoms with van der Waals surface area (Å²) in [5.41, 5.74) is 12.2. The lowest BCUT2D eigenvalue weighted by Crippen LogP contribution is -2.42. The summed E-state index contributed by atoms with van der Waals surface area (Å²) in [5.74, 6) is -2.28. The van der Waals surface area contributed by atoms with Crippen LogP contribution in [-0.2, 0) is 42.1 Å². The predicted octanol–water partition coefficient (Wildman–Crippen LogP) is 5.99. The Kier molecular flexibility index (Phi) is 14.0. The maximum absolute atomic E-state index is 13.9. The fourth-order valence-electron chi connectivity index (χ4n) is 8.69. The topological polar surface area (TPSA) is 158 Å². The van der Waals surface area contributed by atoms with Crippen LogP contribution in [0, 0.1) is 19.8 Å². The summed E-state index contributed by atoms with van der Waals surface area (Å²) in [7, 11) is 10.7. The highest BCUT2D eigenvalue weighted by atomic mass is 16.5. The molecule has 1 aliphatic carbocycles. The van der Waals surface area contributed by atoms with E-state index in [9.17, 15) is 14.4 Å². The molecule has 61 heavy (non-hydrogen) atoms. The molecule has 0 aromatic carbocycles. The number of allylic oxidation sites excluding steroid dienone is 6. The molecule has 2 atom stereocenters. The van der Waals surface area contributed by atoms with Gasteiger partial charge in [0.2, 0.25) is 5.91 Å². The molecular weight excluding hydrogens is 769 g/mol. The van der Waals surface area contributed by atoms with Crippen molar-refractivity contribution in [3.8, 4) is 0 Å². The fourth-order valence-corrected chi connectivity index (χ4v) is 8.69. The van der Waals surface area contributed by atoms with Crippen LogP contribution in [0.4, 0.5) is 0 Å². The van der Waals surface area contributed by atoms with Gasteiger partial charge >= 0.3 is 11.9 Å². The van der Waals surface area contributed by atoms with Crippen LogP contribution in [0.15, 0.2) is 54.6 Å². The number of esters is 2. The molecule has 13 heteroatoms. The van der Waals surface area contributed by atoms with Crippen LogP contribution < -0.4 is 10.6 Å². The SMILES string of the molecule is C=CC1=C(C)c2cc3nc(cc4[nH]c(cc5[nH]c(cc1n2)c(C)c5CCCNCCN(C)C)c(CCC(=O)NCCN(C)C)c4C)[C@@]1(C)C3=CC=C(C(=O)OC)[C@H]1C(=O)OC. The van der Waals surface area contributed by atoms with Gasteiger partial charge in [0.05, 0.1) is 48.0 Å². The van der Waals surface area contributed by atoms with Gasteiger partial charge in [-0.05, 0) is 139 Å². The summed E-state index contributed by atoms with van der Waals surface area (Å²) in [6, 6.07) is 8.16. The van der Waals surface area contributed by atoms with Crippen molar-refractivity contribution in [1.29, 1.82) is 0 Å². The number of aryl methyl sites for hydroxylation is 4. The van der Waals surface area contributed by atoms with Crippen molar-refractivity contribution in [2.45, 2.75) is 58.8 Å². The molecule has 0 radical (unpaired) electrons. The van der Waals surface area contributed by atoms with Gasteiger partial charge in [-0.2, -0.15) is 0 Å². The van der Waals surface area contributed by atoms with Crippen molar-refractivity contribution in [2.24, 2.45) is 5.92 Å². The second-order valence-electron chi connectivity index (χ2n) is 16.9. The number of hydrogen-bond donors (Lipinski definition) is 4. The zero-order valence-electron chi connectivity index (χ0n) is 37.5. The van der Waals surface area contributed by atoms with E-state index in [1.165, 1.54) is 19.8 Å². The number of rotatable bonds is 16. The monoisotopic (exact) mass is 830 g/mol. The Bertz CT molecular complexity index is 2490. The fraction of sp³-hybridized carbons (Fsp3) is 0.438. The van der Waals surface area contributed by atoms with Gasteiger partial charge in [0.1, 0.15) is 5.92 Å². The Balaban J connectivity index is 1.64. The highest BCUT2D eigenvalue weighted by Gasteiger charge is 2.53. The number of likely N-dealkylation sites (N-methyl/N-ethyl adjacent to an activating group) is 2. The van der Waals surface area contributed by atoms with Crippen LogP contribution >= 0.6 is 0 Å². The van der Waals surface area contributed by atoms with E-state index in [-0.39, 0.29) is 11.5 Å².